The van der Waals surface area contributed by atoms with Crippen molar-refractivity contribution in [2.75, 3.05) is 7.11 Å². The smallest absolute Gasteiger partial charge is 0.330 e. The maximum absolute atomic E-state index is 11.1. The summed E-state index contributed by atoms with van der Waals surface area (Å²) in [6, 6.07) is 7.48. The molecule has 15 heavy (non-hydrogen) atoms. The Morgan fingerprint density at radius 1 is 1.53 bits per heavy atom. The van der Waals surface area contributed by atoms with Gasteiger partial charge in [-0.25, -0.2) is 4.79 Å². The summed E-state index contributed by atoms with van der Waals surface area (Å²) in [4.78, 5) is 15.2. The second-order valence-corrected chi connectivity index (χ2v) is 3.39. The lowest BCUT2D eigenvalue weighted by atomic mass is 10.1. The van der Waals surface area contributed by atoms with Crippen molar-refractivity contribution in [2.24, 2.45) is 4.99 Å². The molecule has 1 aromatic rings. The Morgan fingerprint density at radius 3 is 2.87 bits per heavy atom. The van der Waals surface area contributed by atoms with Crippen LogP contribution in [0.3, 0.4) is 0 Å². The van der Waals surface area contributed by atoms with Gasteiger partial charge in [0.05, 0.1) is 7.11 Å². The standard InChI is InChI=1S/C12H15NO2/c1-9-5-4-6-11(7-9)8-13-10(2)12(14)15-3/h4-8,10H,1-3H3. The van der Waals surface area contributed by atoms with Gasteiger partial charge in [0.2, 0.25) is 0 Å². The molecule has 0 bridgehead atoms. The number of methoxy groups -OCH3 is 1. The Labute approximate surface area is 89.8 Å². The molecule has 0 fully saturated rings. The Morgan fingerprint density at radius 2 is 2.27 bits per heavy atom. The van der Waals surface area contributed by atoms with Crippen LogP contribution < -0.4 is 0 Å². The molecule has 0 N–H and O–H groups in total. The largest absolute Gasteiger partial charge is 0.467 e. The van der Waals surface area contributed by atoms with Crippen molar-refractivity contribution in [3.8, 4) is 0 Å². The van der Waals surface area contributed by atoms with Crippen molar-refractivity contribution in [3.05, 3.63) is 35.4 Å². The van der Waals surface area contributed by atoms with Crippen LogP contribution in [0.15, 0.2) is 29.3 Å². The monoisotopic (exact) mass is 205 g/mol. The van der Waals surface area contributed by atoms with E-state index in [2.05, 4.69) is 9.73 Å². The molecule has 0 heterocycles. The Balaban J connectivity index is 2.69. The number of aryl methyl sites for hydroxylation is 1. The minimum absolute atomic E-state index is 0.320. The van der Waals surface area contributed by atoms with Gasteiger partial charge in [0, 0.05) is 6.21 Å². The molecule has 0 saturated carbocycles. The molecule has 0 radical (unpaired) electrons. The highest BCUT2D eigenvalue weighted by atomic mass is 16.5. The molecule has 0 aliphatic heterocycles. The van der Waals surface area contributed by atoms with Gasteiger partial charge in [-0.15, -0.1) is 0 Å². The molecule has 0 amide bonds. The number of rotatable bonds is 3. The van der Waals surface area contributed by atoms with Crippen LogP contribution in [0, 0.1) is 6.92 Å². The maximum Gasteiger partial charge on any atom is 0.330 e. The summed E-state index contributed by atoms with van der Waals surface area (Å²) < 4.78 is 4.57. The normalized spacial score (nSPS) is 12.7. The Hall–Kier alpha value is -1.64. The molecule has 0 saturated heterocycles. The van der Waals surface area contributed by atoms with Crippen molar-refractivity contribution >= 4 is 12.2 Å². The zero-order valence-electron chi connectivity index (χ0n) is 9.23. The van der Waals surface area contributed by atoms with Crippen molar-refractivity contribution in [2.45, 2.75) is 19.9 Å². The number of carbonyl (C=O) groups is 1. The lowest BCUT2D eigenvalue weighted by molar-refractivity contribution is -0.141. The van der Waals surface area contributed by atoms with E-state index in [1.165, 1.54) is 12.7 Å². The molecule has 0 aromatic heterocycles. The number of benzene rings is 1. The van der Waals surface area contributed by atoms with Gasteiger partial charge in [0.25, 0.3) is 0 Å². The highest BCUT2D eigenvalue weighted by Gasteiger charge is 2.09. The fraction of sp³-hybridized carbons (Fsp3) is 0.333. The van der Waals surface area contributed by atoms with Crippen molar-refractivity contribution in [1.82, 2.24) is 0 Å². The van der Waals surface area contributed by atoms with E-state index < -0.39 is 6.04 Å². The second-order valence-electron chi connectivity index (χ2n) is 3.39. The third-order valence-corrected chi connectivity index (χ3v) is 2.03. The lowest BCUT2D eigenvalue weighted by Crippen LogP contribution is -2.16. The highest BCUT2D eigenvalue weighted by Crippen LogP contribution is 2.02. The van der Waals surface area contributed by atoms with Gasteiger partial charge in [-0.3, -0.25) is 4.99 Å². The molecule has 0 aliphatic carbocycles. The SMILES string of the molecule is COC(=O)C(C)N=Cc1cccc(C)c1. The van der Waals surface area contributed by atoms with Crippen molar-refractivity contribution < 1.29 is 9.53 Å². The van der Waals surface area contributed by atoms with Gasteiger partial charge in [-0.05, 0) is 19.4 Å². The average Bonchev–Trinajstić information content (AvgIpc) is 2.25. The zero-order valence-corrected chi connectivity index (χ0v) is 9.23. The van der Waals surface area contributed by atoms with E-state index >= 15 is 0 Å². The molecular formula is C12H15NO2. The number of ether oxygens (including phenoxy) is 1. The van der Waals surface area contributed by atoms with Crippen LogP contribution in [0.25, 0.3) is 0 Å². The lowest BCUT2D eigenvalue weighted by Gasteiger charge is -2.02. The van der Waals surface area contributed by atoms with Gasteiger partial charge >= 0.3 is 5.97 Å². The number of esters is 1. The van der Waals surface area contributed by atoms with Crippen molar-refractivity contribution in [1.29, 1.82) is 0 Å². The van der Waals surface area contributed by atoms with Crippen LogP contribution in [0.5, 0.6) is 0 Å². The van der Waals surface area contributed by atoms with E-state index in [0.717, 1.165) is 5.56 Å². The van der Waals surface area contributed by atoms with Gasteiger partial charge in [-0.1, -0.05) is 29.8 Å². The minimum Gasteiger partial charge on any atom is -0.467 e. The summed E-state index contributed by atoms with van der Waals surface area (Å²) in [5, 5.41) is 0. The van der Waals surface area contributed by atoms with Crippen LogP contribution in [-0.2, 0) is 9.53 Å². The predicted molar refractivity (Wildman–Crippen MR) is 60.3 cm³/mol. The summed E-state index contributed by atoms with van der Waals surface area (Å²) in [7, 11) is 1.36. The first-order valence-corrected chi connectivity index (χ1v) is 4.81. The number of hydrogen-bond acceptors (Lipinski definition) is 3. The number of hydrogen-bond donors (Lipinski definition) is 0. The van der Waals surface area contributed by atoms with Gasteiger partial charge < -0.3 is 4.74 Å². The zero-order chi connectivity index (χ0) is 11.3. The summed E-state index contributed by atoms with van der Waals surface area (Å²) in [5.41, 5.74) is 2.16. The molecule has 1 rings (SSSR count). The fourth-order valence-corrected chi connectivity index (χ4v) is 1.18. The number of carbonyl (C=O) groups excluding carboxylic acids is 1. The summed E-state index contributed by atoms with van der Waals surface area (Å²) in [6.07, 6.45) is 1.69. The molecule has 0 spiro atoms. The molecule has 3 nitrogen and oxygen atoms in total. The van der Waals surface area contributed by atoms with Crippen molar-refractivity contribution in [3.63, 3.8) is 0 Å². The molecule has 3 heteroatoms. The molecule has 1 unspecified atom stereocenters. The first-order chi connectivity index (χ1) is 7.13. The van der Waals surface area contributed by atoms with Gasteiger partial charge in [-0.2, -0.15) is 0 Å². The van der Waals surface area contributed by atoms with E-state index in [0.29, 0.717) is 0 Å². The van der Waals surface area contributed by atoms with E-state index in [1.807, 2.05) is 31.2 Å². The van der Waals surface area contributed by atoms with E-state index in [9.17, 15) is 4.79 Å². The molecule has 1 aromatic carbocycles. The molecule has 0 aliphatic rings. The fourth-order valence-electron chi connectivity index (χ4n) is 1.18. The van der Waals surface area contributed by atoms with E-state index in [4.69, 9.17) is 0 Å². The topological polar surface area (TPSA) is 38.7 Å². The first kappa shape index (κ1) is 11.4. The third kappa shape index (κ3) is 3.54. The predicted octanol–water partition coefficient (Wildman–Crippen LogP) is 1.98. The number of aliphatic imine (C=N–C) groups is 1. The van der Waals surface area contributed by atoms with Gasteiger partial charge in [0.1, 0.15) is 6.04 Å². The molecule has 80 valence electrons. The minimum atomic E-state index is -0.449. The van der Waals surface area contributed by atoms with Crippen LogP contribution in [-0.4, -0.2) is 25.3 Å². The maximum atomic E-state index is 11.1. The van der Waals surface area contributed by atoms with Crippen LogP contribution in [0.4, 0.5) is 0 Å². The van der Waals surface area contributed by atoms with Crippen LogP contribution in [0.2, 0.25) is 0 Å². The molecular weight excluding hydrogens is 190 g/mol. The van der Waals surface area contributed by atoms with Gasteiger partial charge in [0.15, 0.2) is 0 Å². The first-order valence-electron chi connectivity index (χ1n) is 4.81. The van der Waals surface area contributed by atoms with Crippen LogP contribution in [0.1, 0.15) is 18.1 Å². The van der Waals surface area contributed by atoms with E-state index in [1.54, 1.807) is 13.1 Å². The van der Waals surface area contributed by atoms with E-state index in [-0.39, 0.29) is 5.97 Å². The Kier molecular flexibility index (Phi) is 4.03. The highest BCUT2D eigenvalue weighted by molar-refractivity contribution is 5.83. The summed E-state index contributed by atoms with van der Waals surface area (Å²) >= 11 is 0. The summed E-state index contributed by atoms with van der Waals surface area (Å²) in [5.74, 6) is -0.320. The summed E-state index contributed by atoms with van der Waals surface area (Å²) in [6.45, 7) is 3.72. The second kappa shape index (κ2) is 5.29. The average molecular weight is 205 g/mol. The Bertz CT molecular complexity index is 372. The quantitative estimate of drug-likeness (QED) is 0.559. The molecule has 1 atom stereocenters. The van der Waals surface area contributed by atoms with Crippen LogP contribution >= 0.6 is 0 Å². The number of nitrogens with zero attached hydrogens (tertiary/aromatic N) is 1. The third-order valence-electron chi connectivity index (χ3n) is 2.03.